The van der Waals surface area contributed by atoms with E-state index < -0.39 is 23.4 Å². The van der Waals surface area contributed by atoms with Crippen molar-refractivity contribution in [1.82, 2.24) is 9.80 Å². The predicted molar refractivity (Wildman–Crippen MR) is 117 cm³/mol. The Labute approximate surface area is 194 Å². The molecule has 2 saturated heterocycles. The number of amides is 3. The minimum atomic E-state index is -4.43. The second-order valence-corrected chi connectivity index (χ2v) is 8.64. The van der Waals surface area contributed by atoms with Gasteiger partial charge in [0.2, 0.25) is 0 Å². The Morgan fingerprint density at radius 1 is 0.970 bits per heavy atom. The Kier molecular flexibility index (Phi) is 6.54. The van der Waals surface area contributed by atoms with Crippen molar-refractivity contribution in [3.63, 3.8) is 0 Å². The summed E-state index contributed by atoms with van der Waals surface area (Å²) >= 11 is 6.15. The summed E-state index contributed by atoms with van der Waals surface area (Å²) in [6.45, 7) is 2.00. The summed E-state index contributed by atoms with van der Waals surface area (Å²) in [5, 5.41) is 3.06. The summed E-state index contributed by atoms with van der Waals surface area (Å²) in [7, 11) is 0. The lowest BCUT2D eigenvalue weighted by Crippen LogP contribution is -2.59. The van der Waals surface area contributed by atoms with Crippen molar-refractivity contribution in [1.29, 1.82) is 0 Å². The van der Waals surface area contributed by atoms with Crippen molar-refractivity contribution in [2.45, 2.75) is 24.6 Å². The third-order valence-corrected chi connectivity index (χ3v) is 6.39. The third kappa shape index (κ3) is 5.25. The number of carbonyl (C=O) groups excluding carboxylic acids is 2. The average molecular weight is 482 g/mol. The smallest absolute Gasteiger partial charge is 0.371 e. The van der Waals surface area contributed by atoms with E-state index in [1.54, 1.807) is 34.1 Å². The molecular formula is C23H23ClF3N3O3. The maximum atomic E-state index is 12.8. The second kappa shape index (κ2) is 9.23. The largest absolute Gasteiger partial charge is 0.416 e. The molecule has 33 heavy (non-hydrogen) atoms. The monoisotopic (exact) mass is 481 g/mol. The lowest BCUT2D eigenvalue weighted by molar-refractivity contribution is -0.137. The molecule has 0 bridgehead atoms. The first-order valence-electron chi connectivity index (χ1n) is 10.6. The van der Waals surface area contributed by atoms with Crippen LogP contribution in [-0.2, 0) is 10.9 Å². The number of rotatable bonds is 2. The number of nitrogens with one attached hydrogen (secondary N) is 1. The van der Waals surface area contributed by atoms with Crippen LogP contribution in [0.4, 0.5) is 23.7 Å². The van der Waals surface area contributed by atoms with E-state index in [-0.39, 0.29) is 11.6 Å². The molecule has 176 valence electrons. The summed E-state index contributed by atoms with van der Waals surface area (Å²) < 4.78 is 44.2. The molecule has 3 amide bonds. The van der Waals surface area contributed by atoms with E-state index in [9.17, 15) is 22.8 Å². The molecule has 2 aromatic carbocycles. The van der Waals surface area contributed by atoms with Crippen LogP contribution in [0.3, 0.4) is 0 Å². The molecule has 2 fully saturated rings. The number of likely N-dealkylation sites (tertiary alicyclic amines) is 1. The summed E-state index contributed by atoms with van der Waals surface area (Å²) in [6.07, 6.45) is -3.30. The minimum Gasteiger partial charge on any atom is -0.371 e. The number of nitrogens with zero attached hydrogens (tertiary/aromatic N) is 2. The SMILES string of the molecule is O=C(Nc1ccc(C(F)(F)F)cc1)N1CCOC2(CCN(C(=O)c3ccccc3Cl)CC2)C1. The molecule has 2 aliphatic heterocycles. The van der Waals surface area contributed by atoms with Crippen molar-refractivity contribution in [3.05, 3.63) is 64.7 Å². The van der Waals surface area contributed by atoms with Crippen LogP contribution in [0.15, 0.2) is 48.5 Å². The average Bonchev–Trinajstić information content (AvgIpc) is 2.79. The van der Waals surface area contributed by atoms with Crippen LogP contribution in [0, 0.1) is 0 Å². The summed E-state index contributed by atoms with van der Waals surface area (Å²) in [4.78, 5) is 28.9. The number of alkyl halides is 3. The van der Waals surface area contributed by atoms with Crippen LogP contribution in [0.25, 0.3) is 0 Å². The number of anilines is 1. The molecule has 0 radical (unpaired) electrons. The number of carbonyl (C=O) groups is 2. The van der Waals surface area contributed by atoms with Gasteiger partial charge >= 0.3 is 12.2 Å². The molecule has 0 aromatic heterocycles. The highest BCUT2D eigenvalue weighted by atomic mass is 35.5. The maximum absolute atomic E-state index is 12.8. The predicted octanol–water partition coefficient (Wildman–Crippen LogP) is 4.90. The third-order valence-electron chi connectivity index (χ3n) is 6.07. The quantitative estimate of drug-likeness (QED) is 0.664. The van der Waals surface area contributed by atoms with Crippen LogP contribution in [0.1, 0.15) is 28.8 Å². The first kappa shape index (κ1) is 23.4. The summed E-state index contributed by atoms with van der Waals surface area (Å²) in [5.41, 5.74) is -0.595. The number of hydrogen-bond donors (Lipinski definition) is 1. The molecule has 4 rings (SSSR count). The van der Waals surface area contributed by atoms with Crippen LogP contribution >= 0.6 is 11.6 Å². The number of benzene rings is 2. The van der Waals surface area contributed by atoms with E-state index in [4.69, 9.17) is 16.3 Å². The van der Waals surface area contributed by atoms with E-state index in [1.165, 1.54) is 12.1 Å². The summed E-state index contributed by atoms with van der Waals surface area (Å²) in [6, 6.07) is 10.8. The highest BCUT2D eigenvalue weighted by molar-refractivity contribution is 6.33. The number of urea groups is 1. The number of ether oxygens (including phenoxy) is 1. The first-order valence-corrected chi connectivity index (χ1v) is 11.0. The Morgan fingerprint density at radius 2 is 1.64 bits per heavy atom. The molecule has 6 nitrogen and oxygen atoms in total. The van der Waals surface area contributed by atoms with Gasteiger partial charge in [-0.1, -0.05) is 23.7 Å². The number of piperidine rings is 1. The van der Waals surface area contributed by atoms with Crippen LogP contribution < -0.4 is 5.32 Å². The van der Waals surface area contributed by atoms with E-state index in [0.29, 0.717) is 56.2 Å². The number of halogens is 4. The van der Waals surface area contributed by atoms with E-state index in [1.807, 2.05) is 0 Å². The van der Waals surface area contributed by atoms with Gasteiger partial charge in [-0.25, -0.2) is 4.79 Å². The Hall–Kier alpha value is -2.78. The highest BCUT2D eigenvalue weighted by Crippen LogP contribution is 2.32. The lowest BCUT2D eigenvalue weighted by Gasteiger charge is -2.47. The van der Waals surface area contributed by atoms with Crippen molar-refractivity contribution >= 4 is 29.2 Å². The molecule has 0 unspecified atom stereocenters. The molecule has 2 aromatic rings. The van der Waals surface area contributed by atoms with Gasteiger partial charge in [0, 0.05) is 25.3 Å². The highest BCUT2D eigenvalue weighted by Gasteiger charge is 2.42. The van der Waals surface area contributed by atoms with Gasteiger partial charge in [-0.3, -0.25) is 4.79 Å². The topological polar surface area (TPSA) is 61.9 Å². The van der Waals surface area contributed by atoms with Gasteiger partial charge in [0.15, 0.2) is 0 Å². The summed E-state index contributed by atoms with van der Waals surface area (Å²) in [5.74, 6) is -0.136. The molecule has 2 aliphatic rings. The van der Waals surface area contributed by atoms with Gasteiger partial charge in [-0.15, -0.1) is 0 Å². The number of hydrogen-bond acceptors (Lipinski definition) is 3. The van der Waals surface area contributed by atoms with Gasteiger partial charge < -0.3 is 19.9 Å². The van der Waals surface area contributed by atoms with E-state index in [0.717, 1.165) is 12.1 Å². The van der Waals surface area contributed by atoms with Gasteiger partial charge in [0.05, 0.1) is 34.9 Å². The van der Waals surface area contributed by atoms with Crippen LogP contribution in [-0.4, -0.2) is 60.1 Å². The van der Waals surface area contributed by atoms with Crippen molar-refractivity contribution in [2.75, 3.05) is 38.1 Å². The minimum absolute atomic E-state index is 0.136. The lowest BCUT2D eigenvalue weighted by atomic mass is 9.89. The molecule has 0 aliphatic carbocycles. The first-order chi connectivity index (χ1) is 15.7. The fourth-order valence-corrected chi connectivity index (χ4v) is 4.40. The van der Waals surface area contributed by atoms with Crippen molar-refractivity contribution in [2.24, 2.45) is 0 Å². The normalized spacial score (nSPS) is 18.3. The Bertz CT molecular complexity index is 1020. The fourth-order valence-electron chi connectivity index (χ4n) is 4.19. The van der Waals surface area contributed by atoms with Gasteiger partial charge in [-0.2, -0.15) is 13.2 Å². The van der Waals surface area contributed by atoms with Crippen molar-refractivity contribution < 1.29 is 27.5 Å². The van der Waals surface area contributed by atoms with E-state index in [2.05, 4.69) is 5.32 Å². The Morgan fingerprint density at radius 3 is 2.27 bits per heavy atom. The Balaban J connectivity index is 1.35. The molecule has 0 saturated carbocycles. The van der Waals surface area contributed by atoms with E-state index >= 15 is 0 Å². The molecular weight excluding hydrogens is 459 g/mol. The fraction of sp³-hybridized carbons (Fsp3) is 0.391. The molecule has 1 spiro atoms. The standard InChI is InChI=1S/C23H23ClF3N3O3/c24-19-4-2-1-3-18(19)20(31)29-11-9-22(10-12-29)15-30(13-14-33-22)21(32)28-17-7-5-16(6-8-17)23(25,26)27/h1-8H,9-15H2,(H,28,32). The van der Waals surface area contributed by atoms with Crippen molar-refractivity contribution in [3.8, 4) is 0 Å². The zero-order valence-corrected chi connectivity index (χ0v) is 18.5. The zero-order chi connectivity index (χ0) is 23.6. The maximum Gasteiger partial charge on any atom is 0.416 e. The molecule has 10 heteroatoms. The van der Waals surface area contributed by atoms with Crippen LogP contribution in [0.2, 0.25) is 5.02 Å². The van der Waals surface area contributed by atoms with Gasteiger partial charge in [-0.05, 0) is 49.2 Å². The van der Waals surface area contributed by atoms with Gasteiger partial charge in [0.25, 0.3) is 5.91 Å². The van der Waals surface area contributed by atoms with Crippen LogP contribution in [0.5, 0.6) is 0 Å². The molecule has 2 heterocycles. The van der Waals surface area contributed by atoms with Gasteiger partial charge in [0.1, 0.15) is 0 Å². The molecule has 1 N–H and O–H groups in total. The second-order valence-electron chi connectivity index (χ2n) is 8.23. The molecule has 0 atom stereocenters. The number of morpholine rings is 1. The zero-order valence-electron chi connectivity index (χ0n) is 17.7.